The lowest BCUT2D eigenvalue weighted by atomic mass is 10.3. The molecule has 19 heavy (non-hydrogen) atoms. The summed E-state index contributed by atoms with van der Waals surface area (Å²) in [5, 5.41) is 0. The van der Waals surface area contributed by atoms with Crippen molar-refractivity contribution in [1.29, 1.82) is 0 Å². The Hall–Kier alpha value is -1.26. The average molecular weight is 283 g/mol. The normalized spacial score (nSPS) is 12.8. The molecule has 1 unspecified atom stereocenters. The Balaban J connectivity index is 2.53. The van der Waals surface area contributed by atoms with Gasteiger partial charge in [0.25, 0.3) is 0 Å². The largest absolute Gasteiger partial charge is 0.494 e. The standard InChI is InChI=1S/C14H19ClN2O2/c1-10(18-2)9-17-11-5-4-6-12(19-3)14(11)16-13(17)7-8-15/h4-6,10H,7-9H2,1-3H3. The van der Waals surface area contributed by atoms with Gasteiger partial charge >= 0.3 is 0 Å². The predicted molar refractivity (Wildman–Crippen MR) is 77.2 cm³/mol. The van der Waals surface area contributed by atoms with E-state index in [1.807, 2.05) is 25.1 Å². The fraction of sp³-hybridized carbons (Fsp3) is 0.500. The van der Waals surface area contributed by atoms with Gasteiger partial charge in [-0.1, -0.05) is 6.07 Å². The van der Waals surface area contributed by atoms with Crippen LogP contribution in [0.2, 0.25) is 0 Å². The Bertz CT molecular complexity index is 554. The minimum Gasteiger partial charge on any atom is -0.494 e. The molecule has 0 aliphatic rings. The SMILES string of the molecule is COc1cccc2c1nc(CCCl)n2CC(C)OC. The van der Waals surface area contributed by atoms with Crippen LogP contribution in [0.1, 0.15) is 12.7 Å². The molecule has 2 aromatic rings. The molecular formula is C14H19ClN2O2. The van der Waals surface area contributed by atoms with Crippen molar-refractivity contribution in [2.75, 3.05) is 20.1 Å². The second kappa shape index (κ2) is 6.26. The molecule has 0 aliphatic heterocycles. The molecule has 0 radical (unpaired) electrons. The molecular weight excluding hydrogens is 264 g/mol. The monoisotopic (exact) mass is 282 g/mol. The topological polar surface area (TPSA) is 36.3 Å². The number of methoxy groups -OCH3 is 2. The van der Waals surface area contributed by atoms with Gasteiger partial charge in [-0.3, -0.25) is 0 Å². The highest BCUT2D eigenvalue weighted by Gasteiger charge is 2.15. The summed E-state index contributed by atoms with van der Waals surface area (Å²) in [6.07, 6.45) is 0.855. The van der Waals surface area contributed by atoms with Crippen molar-refractivity contribution < 1.29 is 9.47 Å². The first-order valence-electron chi connectivity index (χ1n) is 6.32. The van der Waals surface area contributed by atoms with Crippen LogP contribution in [0, 0.1) is 0 Å². The fourth-order valence-corrected chi connectivity index (χ4v) is 2.31. The van der Waals surface area contributed by atoms with Crippen LogP contribution >= 0.6 is 11.6 Å². The molecule has 4 nitrogen and oxygen atoms in total. The van der Waals surface area contributed by atoms with E-state index in [9.17, 15) is 0 Å². The Morgan fingerprint density at radius 3 is 2.79 bits per heavy atom. The Labute approximate surface area is 118 Å². The van der Waals surface area contributed by atoms with Crippen LogP contribution in [0.5, 0.6) is 5.75 Å². The van der Waals surface area contributed by atoms with E-state index in [0.29, 0.717) is 5.88 Å². The second-order valence-electron chi connectivity index (χ2n) is 4.45. The van der Waals surface area contributed by atoms with Crippen LogP contribution < -0.4 is 4.74 Å². The number of aryl methyl sites for hydroxylation is 1. The van der Waals surface area contributed by atoms with Crippen molar-refractivity contribution in [2.24, 2.45) is 0 Å². The summed E-state index contributed by atoms with van der Waals surface area (Å²) in [5.74, 6) is 2.31. The van der Waals surface area contributed by atoms with Crippen LogP contribution in [-0.2, 0) is 17.7 Å². The second-order valence-corrected chi connectivity index (χ2v) is 4.83. The van der Waals surface area contributed by atoms with Crippen LogP contribution in [-0.4, -0.2) is 35.8 Å². The summed E-state index contributed by atoms with van der Waals surface area (Å²) in [5.41, 5.74) is 1.94. The van der Waals surface area contributed by atoms with E-state index in [0.717, 1.165) is 35.6 Å². The summed E-state index contributed by atoms with van der Waals surface area (Å²) >= 11 is 5.86. The highest BCUT2D eigenvalue weighted by atomic mass is 35.5. The first-order valence-corrected chi connectivity index (χ1v) is 6.85. The minimum atomic E-state index is 0.123. The van der Waals surface area contributed by atoms with Gasteiger partial charge in [-0.05, 0) is 19.1 Å². The van der Waals surface area contributed by atoms with E-state index in [-0.39, 0.29) is 6.10 Å². The van der Waals surface area contributed by atoms with Crippen LogP contribution in [0.4, 0.5) is 0 Å². The molecule has 0 aliphatic carbocycles. The number of aromatic nitrogens is 2. The van der Waals surface area contributed by atoms with E-state index in [2.05, 4.69) is 9.55 Å². The zero-order valence-corrected chi connectivity index (χ0v) is 12.3. The summed E-state index contributed by atoms with van der Waals surface area (Å²) in [7, 11) is 3.37. The van der Waals surface area contributed by atoms with Crippen molar-refractivity contribution in [2.45, 2.75) is 26.0 Å². The lowest BCUT2D eigenvalue weighted by molar-refractivity contribution is 0.103. The molecule has 0 bridgehead atoms. The molecule has 1 aromatic carbocycles. The predicted octanol–water partition coefficient (Wildman–Crippen LogP) is 2.86. The lowest BCUT2D eigenvalue weighted by Gasteiger charge is -2.13. The van der Waals surface area contributed by atoms with Crippen LogP contribution in [0.15, 0.2) is 18.2 Å². The summed E-state index contributed by atoms with van der Waals surface area (Å²) in [6.45, 7) is 2.79. The third-order valence-corrected chi connectivity index (χ3v) is 3.39. The maximum Gasteiger partial charge on any atom is 0.146 e. The molecule has 0 saturated carbocycles. The number of halogens is 1. The molecule has 1 aromatic heterocycles. The Morgan fingerprint density at radius 1 is 1.37 bits per heavy atom. The number of rotatable bonds is 6. The number of hydrogen-bond donors (Lipinski definition) is 0. The summed E-state index contributed by atoms with van der Waals surface area (Å²) in [4.78, 5) is 4.66. The molecule has 1 heterocycles. The first kappa shape index (κ1) is 14.2. The molecule has 2 rings (SSSR count). The average Bonchev–Trinajstić information content (AvgIpc) is 2.77. The minimum absolute atomic E-state index is 0.123. The van der Waals surface area contributed by atoms with E-state index in [1.165, 1.54) is 0 Å². The van der Waals surface area contributed by atoms with Gasteiger partial charge in [0.15, 0.2) is 0 Å². The van der Waals surface area contributed by atoms with Gasteiger partial charge in [0.1, 0.15) is 17.1 Å². The van der Waals surface area contributed by atoms with Crippen molar-refractivity contribution in [3.63, 3.8) is 0 Å². The van der Waals surface area contributed by atoms with Crippen molar-refractivity contribution in [3.05, 3.63) is 24.0 Å². The van der Waals surface area contributed by atoms with Crippen LogP contribution in [0.3, 0.4) is 0 Å². The molecule has 0 saturated heterocycles. The number of ether oxygens (including phenoxy) is 2. The zero-order valence-electron chi connectivity index (χ0n) is 11.5. The number of benzene rings is 1. The smallest absolute Gasteiger partial charge is 0.146 e. The highest BCUT2D eigenvalue weighted by molar-refractivity contribution is 6.17. The van der Waals surface area contributed by atoms with Gasteiger partial charge in [0, 0.05) is 19.4 Å². The van der Waals surface area contributed by atoms with E-state index < -0.39 is 0 Å². The van der Waals surface area contributed by atoms with Gasteiger partial charge in [0.2, 0.25) is 0 Å². The van der Waals surface area contributed by atoms with E-state index in [1.54, 1.807) is 14.2 Å². The summed E-state index contributed by atoms with van der Waals surface area (Å²) in [6, 6.07) is 5.94. The maximum absolute atomic E-state index is 5.86. The third-order valence-electron chi connectivity index (χ3n) is 3.20. The number of para-hydroxylation sites is 1. The molecule has 0 spiro atoms. The molecule has 5 heteroatoms. The highest BCUT2D eigenvalue weighted by Crippen LogP contribution is 2.26. The van der Waals surface area contributed by atoms with Crippen molar-refractivity contribution >= 4 is 22.6 Å². The number of hydrogen-bond acceptors (Lipinski definition) is 3. The first-order chi connectivity index (χ1) is 9.21. The van der Waals surface area contributed by atoms with Gasteiger partial charge in [-0.25, -0.2) is 4.98 Å². The molecule has 0 amide bonds. The van der Waals surface area contributed by atoms with Crippen LogP contribution in [0.25, 0.3) is 11.0 Å². The van der Waals surface area contributed by atoms with E-state index in [4.69, 9.17) is 21.1 Å². The number of imidazole rings is 1. The molecule has 0 fully saturated rings. The molecule has 0 N–H and O–H groups in total. The Morgan fingerprint density at radius 2 is 2.16 bits per heavy atom. The van der Waals surface area contributed by atoms with Crippen molar-refractivity contribution in [3.8, 4) is 5.75 Å². The van der Waals surface area contributed by atoms with Gasteiger partial charge in [-0.2, -0.15) is 0 Å². The Kier molecular flexibility index (Phi) is 4.66. The van der Waals surface area contributed by atoms with Gasteiger partial charge in [0.05, 0.1) is 25.3 Å². The van der Waals surface area contributed by atoms with E-state index >= 15 is 0 Å². The zero-order chi connectivity index (χ0) is 13.8. The number of alkyl halides is 1. The molecule has 1 atom stereocenters. The van der Waals surface area contributed by atoms with Crippen molar-refractivity contribution in [1.82, 2.24) is 9.55 Å². The lowest BCUT2D eigenvalue weighted by Crippen LogP contribution is -2.17. The maximum atomic E-state index is 5.86. The van der Waals surface area contributed by atoms with Gasteiger partial charge in [-0.15, -0.1) is 11.6 Å². The third kappa shape index (κ3) is 2.85. The molecule has 104 valence electrons. The fourth-order valence-electron chi connectivity index (χ4n) is 2.14. The number of nitrogens with zero attached hydrogens (tertiary/aromatic N) is 2. The quantitative estimate of drug-likeness (QED) is 0.765. The van der Waals surface area contributed by atoms with Gasteiger partial charge < -0.3 is 14.0 Å². The number of fused-ring (bicyclic) bond motifs is 1. The summed E-state index contributed by atoms with van der Waals surface area (Å²) < 4.78 is 12.9.